The summed E-state index contributed by atoms with van der Waals surface area (Å²) in [4.78, 5) is 4.41. The third kappa shape index (κ3) is 1.68. The highest BCUT2D eigenvalue weighted by Crippen LogP contribution is 2.31. The molecule has 0 aliphatic rings. The number of aromatic nitrogens is 2. The molecule has 3 rings (SSSR count). The standard InChI is InChI=1S/C15H14FN3/c1-9-5-3-7-11(17)13(9)15-18-14-10(16)6-4-8-12(14)19(15)2/h3-8H,17H2,1-2H3. The van der Waals surface area contributed by atoms with Crippen LogP contribution in [0.4, 0.5) is 10.1 Å². The van der Waals surface area contributed by atoms with E-state index in [-0.39, 0.29) is 5.82 Å². The first-order valence-corrected chi connectivity index (χ1v) is 6.06. The maximum Gasteiger partial charge on any atom is 0.151 e. The fourth-order valence-electron chi connectivity index (χ4n) is 2.40. The Bertz CT molecular complexity index is 754. The quantitative estimate of drug-likeness (QED) is 0.678. The largest absolute Gasteiger partial charge is 0.398 e. The highest BCUT2D eigenvalue weighted by Gasteiger charge is 2.16. The minimum atomic E-state index is -0.313. The van der Waals surface area contributed by atoms with Gasteiger partial charge in [0.05, 0.1) is 5.52 Å². The van der Waals surface area contributed by atoms with Crippen molar-refractivity contribution < 1.29 is 4.39 Å². The molecule has 0 aliphatic carbocycles. The van der Waals surface area contributed by atoms with Gasteiger partial charge in [-0.1, -0.05) is 18.2 Å². The van der Waals surface area contributed by atoms with Gasteiger partial charge in [0.2, 0.25) is 0 Å². The Morgan fingerprint density at radius 1 is 1.16 bits per heavy atom. The second kappa shape index (κ2) is 4.09. The highest BCUT2D eigenvalue weighted by molar-refractivity contribution is 5.85. The van der Waals surface area contributed by atoms with Crippen molar-refractivity contribution in [2.45, 2.75) is 6.92 Å². The number of fused-ring (bicyclic) bond motifs is 1. The Labute approximate surface area is 110 Å². The molecular formula is C15H14FN3. The van der Waals surface area contributed by atoms with Crippen molar-refractivity contribution in [3.8, 4) is 11.4 Å². The van der Waals surface area contributed by atoms with Crippen LogP contribution in [0.5, 0.6) is 0 Å². The average molecular weight is 255 g/mol. The zero-order chi connectivity index (χ0) is 13.6. The number of nitrogen functional groups attached to an aromatic ring is 1. The van der Waals surface area contributed by atoms with Crippen molar-refractivity contribution in [2.75, 3.05) is 5.73 Å². The molecule has 0 fully saturated rings. The third-order valence-corrected chi connectivity index (χ3v) is 3.39. The predicted molar refractivity (Wildman–Crippen MR) is 75.3 cm³/mol. The Balaban J connectivity index is 2.38. The summed E-state index contributed by atoms with van der Waals surface area (Å²) in [6, 6.07) is 10.7. The van der Waals surface area contributed by atoms with Crippen LogP contribution in [0.25, 0.3) is 22.4 Å². The van der Waals surface area contributed by atoms with Gasteiger partial charge in [0, 0.05) is 18.3 Å². The normalized spacial score (nSPS) is 11.1. The van der Waals surface area contributed by atoms with Crippen LogP contribution in [0, 0.1) is 12.7 Å². The van der Waals surface area contributed by atoms with Crippen LogP contribution in [0.1, 0.15) is 5.56 Å². The molecule has 0 spiro atoms. The molecule has 4 heteroatoms. The molecule has 3 aromatic rings. The van der Waals surface area contributed by atoms with Crippen LogP contribution >= 0.6 is 0 Å². The minimum absolute atomic E-state index is 0.313. The molecule has 0 amide bonds. The Morgan fingerprint density at radius 3 is 2.58 bits per heavy atom. The lowest BCUT2D eigenvalue weighted by molar-refractivity contribution is 0.637. The lowest BCUT2D eigenvalue weighted by atomic mass is 10.1. The number of hydrogen-bond acceptors (Lipinski definition) is 2. The van der Waals surface area contributed by atoms with E-state index in [9.17, 15) is 4.39 Å². The second-order valence-corrected chi connectivity index (χ2v) is 4.64. The topological polar surface area (TPSA) is 43.8 Å². The fourth-order valence-corrected chi connectivity index (χ4v) is 2.40. The van der Waals surface area contributed by atoms with Gasteiger partial charge in [0.25, 0.3) is 0 Å². The number of hydrogen-bond donors (Lipinski definition) is 1. The molecule has 96 valence electrons. The van der Waals surface area contributed by atoms with Gasteiger partial charge in [-0.05, 0) is 30.7 Å². The molecule has 0 saturated carbocycles. The highest BCUT2D eigenvalue weighted by atomic mass is 19.1. The van der Waals surface area contributed by atoms with Gasteiger partial charge in [-0.3, -0.25) is 0 Å². The van der Waals surface area contributed by atoms with Crippen molar-refractivity contribution in [3.63, 3.8) is 0 Å². The van der Waals surface area contributed by atoms with Crippen LogP contribution in [0.2, 0.25) is 0 Å². The van der Waals surface area contributed by atoms with Gasteiger partial charge in [-0.25, -0.2) is 9.37 Å². The van der Waals surface area contributed by atoms with Gasteiger partial charge in [0.1, 0.15) is 11.3 Å². The molecule has 1 aromatic heterocycles. The van der Waals surface area contributed by atoms with Gasteiger partial charge >= 0.3 is 0 Å². The lowest BCUT2D eigenvalue weighted by Crippen LogP contribution is -1.98. The van der Waals surface area contributed by atoms with E-state index in [1.807, 2.05) is 42.8 Å². The number of para-hydroxylation sites is 1. The number of halogens is 1. The first kappa shape index (κ1) is 11.7. The number of imidazole rings is 1. The minimum Gasteiger partial charge on any atom is -0.398 e. The number of anilines is 1. The summed E-state index contributed by atoms with van der Waals surface area (Å²) in [5.41, 5.74) is 9.71. The van der Waals surface area contributed by atoms with Gasteiger partial charge in [0.15, 0.2) is 5.82 Å². The Kier molecular flexibility index (Phi) is 2.52. The maximum atomic E-state index is 13.8. The average Bonchev–Trinajstić information content (AvgIpc) is 2.69. The zero-order valence-electron chi connectivity index (χ0n) is 10.8. The van der Waals surface area contributed by atoms with Crippen LogP contribution < -0.4 is 5.73 Å². The molecule has 2 aromatic carbocycles. The molecule has 2 N–H and O–H groups in total. The number of benzene rings is 2. The van der Waals surface area contributed by atoms with Crippen molar-refractivity contribution in [2.24, 2.45) is 7.05 Å². The van der Waals surface area contributed by atoms with E-state index in [1.54, 1.807) is 6.07 Å². The van der Waals surface area contributed by atoms with E-state index in [0.717, 1.165) is 16.6 Å². The lowest BCUT2D eigenvalue weighted by Gasteiger charge is -2.09. The smallest absolute Gasteiger partial charge is 0.151 e. The monoisotopic (exact) mass is 255 g/mol. The third-order valence-electron chi connectivity index (χ3n) is 3.39. The summed E-state index contributed by atoms with van der Waals surface area (Å²) in [5, 5.41) is 0. The first-order chi connectivity index (χ1) is 9.09. The van der Waals surface area contributed by atoms with E-state index in [1.165, 1.54) is 6.07 Å². The van der Waals surface area contributed by atoms with Crippen LogP contribution in [0.15, 0.2) is 36.4 Å². The first-order valence-electron chi connectivity index (χ1n) is 6.06. The molecule has 3 nitrogen and oxygen atoms in total. The summed E-state index contributed by atoms with van der Waals surface area (Å²) < 4.78 is 15.7. The Hall–Kier alpha value is -2.36. The maximum absolute atomic E-state index is 13.8. The molecule has 0 radical (unpaired) electrons. The fraction of sp³-hybridized carbons (Fsp3) is 0.133. The zero-order valence-corrected chi connectivity index (χ0v) is 10.8. The number of aryl methyl sites for hydroxylation is 2. The second-order valence-electron chi connectivity index (χ2n) is 4.64. The number of nitrogens with two attached hydrogens (primary N) is 1. The van der Waals surface area contributed by atoms with Crippen LogP contribution in [-0.2, 0) is 7.05 Å². The predicted octanol–water partition coefficient (Wildman–Crippen LogP) is 3.27. The van der Waals surface area contributed by atoms with Crippen LogP contribution in [0.3, 0.4) is 0 Å². The SMILES string of the molecule is Cc1cccc(N)c1-c1nc2c(F)cccc2n1C. The molecule has 0 bridgehead atoms. The number of nitrogens with zero attached hydrogens (tertiary/aromatic N) is 2. The molecular weight excluding hydrogens is 241 g/mol. The molecule has 0 unspecified atom stereocenters. The van der Waals surface area contributed by atoms with E-state index < -0.39 is 0 Å². The summed E-state index contributed by atoms with van der Waals surface area (Å²) in [6.07, 6.45) is 0. The molecule has 0 aliphatic heterocycles. The Morgan fingerprint density at radius 2 is 1.89 bits per heavy atom. The van der Waals surface area contributed by atoms with Gasteiger partial charge < -0.3 is 10.3 Å². The summed E-state index contributed by atoms with van der Waals surface area (Å²) in [6.45, 7) is 1.97. The van der Waals surface area contributed by atoms with Crippen molar-refractivity contribution in [3.05, 3.63) is 47.8 Å². The van der Waals surface area contributed by atoms with Crippen molar-refractivity contribution in [1.82, 2.24) is 9.55 Å². The van der Waals surface area contributed by atoms with Crippen molar-refractivity contribution >= 4 is 16.7 Å². The molecule has 0 atom stereocenters. The van der Waals surface area contributed by atoms with E-state index >= 15 is 0 Å². The van der Waals surface area contributed by atoms with E-state index in [0.29, 0.717) is 17.0 Å². The summed E-state index contributed by atoms with van der Waals surface area (Å²) in [7, 11) is 1.87. The van der Waals surface area contributed by atoms with Gasteiger partial charge in [-0.15, -0.1) is 0 Å². The van der Waals surface area contributed by atoms with Crippen molar-refractivity contribution in [1.29, 1.82) is 0 Å². The molecule has 0 saturated heterocycles. The van der Waals surface area contributed by atoms with E-state index in [2.05, 4.69) is 4.98 Å². The van der Waals surface area contributed by atoms with Crippen LogP contribution in [-0.4, -0.2) is 9.55 Å². The summed E-state index contributed by atoms with van der Waals surface area (Å²) in [5.74, 6) is 0.377. The van der Waals surface area contributed by atoms with Gasteiger partial charge in [-0.2, -0.15) is 0 Å². The molecule has 19 heavy (non-hydrogen) atoms. The van der Waals surface area contributed by atoms with E-state index in [4.69, 9.17) is 5.73 Å². The number of rotatable bonds is 1. The summed E-state index contributed by atoms with van der Waals surface area (Å²) >= 11 is 0. The molecule has 1 heterocycles.